The van der Waals surface area contributed by atoms with Crippen LogP contribution in [-0.2, 0) is 6.42 Å². The Morgan fingerprint density at radius 1 is 1.10 bits per heavy atom. The third kappa shape index (κ3) is 4.12. The van der Waals surface area contributed by atoms with Crippen LogP contribution in [-0.4, -0.2) is 15.5 Å². The van der Waals surface area contributed by atoms with Crippen LogP contribution in [0.15, 0.2) is 36.4 Å². The fourth-order valence-electron chi connectivity index (χ4n) is 2.06. The third-order valence-corrected chi connectivity index (χ3v) is 3.11. The van der Waals surface area contributed by atoms with Crippen molar-refractivity contribution in [3.63, 3.8) is 0 Å². The van der Waals surface area contributed by atoms with Gasteiger partial charge in [0.2, 0.25) is 5.95 Å². The normalized spacial score (nSPS) is 11.3. The lowest BCUT2D eigenvalue weighted by Gasteiger charge is -2.27. The minimum Gasteiger partial charge on any atom is -0.383 e. The molecular weight excluding hydrogens is 250 g/mol. The molecule has 106 valence electrons. The van der Waals surface area contributed by atoms with Crippen molar-refractivity contribution in [1.29, 1.82) is 0 Å². The number of nitrogen functional groups attached to an aromatic ring is 2. The number of nitrogens with one attached hydrogen (secondary N) is 1. The van der Waals surface area contributed by atoms with Gasteiger partial charge in [-0.15, -0.1) is 0 Å². The number of rotatable bonds is 5. The molecule has 5 N–H and O–H groups in total. The van der Waals surface area contributed by atoms with Gasteiger partial charge in [-0.1, -0.05) is 30.3 Å². The average Bonchev–Trinajstić information content (AvgIpc) is 2.36. The Labute approximate surface area is 119 Å². The molecule has 0 radical (unpaired) electrons. The summed E-state index contributed by atoms with van der Waals surface area (Å²) in [5.41, 5.74) is 12.5. The Bertz CT molecular complexity index is 545. The maximum atomic E-state index is 5.67. The van der Waals surface area contributed by atoms with Gasteiger partial charge in [-0.25, -0.2) is 0 Å². The van der Waals surface area contributed by atoms with Crippen molar-refractivity contribution in [3.05, 3.63) is 42.0 Å². The fourth-order valence-corrected chi connectivity index (χ4v) is 2.06. The first-order chi connectivity index (χ1) is 9.44. The highest BCUT2D eigenvalue weighted by Gasteiger charge is 2.18. The van der Waals surface area contributed by atoms with Crippen molar-refractivity contribution in [2.24, 2.45) is 0 Å². The average molecular weight is 271 g/mol. The first kappa shape index (κ1) is 14.1. The SMILES string of the molecule is CC(C)(CCc1ccccc1)Nc1cc(N)nc(N)n1. The fraction of sp³-hybridized carbons (Fsp3) is 0.333. The molecule has 5 nitrogen and oxygen atoms in total. The number of nitrogens with two attached hydrogens (primary N) is 2. The van der Waals surface area contributed by atoms with Crippen LogP contribution >= 0.6 is 0 Å². The molecule has 0 saturated heterocycles. The lowest BCUT2D eigenvalue weighted by Crippen LogP contribution is -2.32. The zero-order chi connectivity index (χ0) is 14.6. The standard InChI is InChI=1S/C15H21N5/c1-15(2,9-8-11-6-4-3-5-7-11)20-13-10-12(16)18-14(17)19-13/h3-7,10H,8-9H2,1-2H3,(H5,16,17,18,19,20). The lowest BCUT2D eigenvalue weighted by atomic mass is 9.95. The summed E-state index contributed by atoms with van der Waals surface area (Å²) in [7, 11) is 0. The van der Waals surface area contributed by atoms with Gasteiger partial charge in [0.15, 0.2) is 0 Å². The van der Waals surface area contributed by atoms with Gasteiger partial charge in [0.05, 0.1) is 0 Å². The predicted molar refractivity (Wildman–Crippen MR) is 83.3 cm³/mol. The Kier molecular flexibility index (Phi) is 4.08. The summed E-state index contributed by atoms with van der Waals surface area (Å²) in [4.78, 5) is 8.01. The monoisotopic (exact) mass is 271 g/mol. The van der Waals surface area contributed by atoms with Crippen LogP contribution in [0.3, 0.4) is 0 Å². The molecule has 20 heavy (non-hydrogen) atoms. The van der Waals surface area contributed by atoms with Crippen molar-refractivity contribution >= 4 is 17.6 Å². The Balaban J connectivity index is 1.99. The van der Waals surface area contributed by atoms with E-state index in [2.05, 4.69) is 53.4 Å². The van der Waals surface area contributed by atoms with E-state index < -0.39 is 0 Å². The number of hydrogen-bond acceptors (Lipinski definition) is 5. The summed E-state index contributed by atoms with van der Waals surface area (Å²) < 4.78 is 0. The van der Waals surface area contributed by atoms with Crippen LogP contribution < -0.4 is 16.8 Å². The van der Waals surface area contributed by atoms with E-state index in [-0.39, 0.29) is 11.5 Å². The van der Waals surface area contributed by atoms with Crippen LogP contribution in [0, 0.1) is 0 Å². The molecule has 2 rings (SSSR count). The zero-order valence-electron chi connectivity index (χ0n) is 11.9. The summed E-state index contributed by atoms with van der Waals surface area (Å²) >= 11 is 0. The summed E-state index contributed by atoms with van der Waals surface area (Å²) in [6, 6.07) is 12.1. The molecule has 0 atom stereocenters. The first-order valence-electron chi connectivity index (χ1n) is 6.67. The van der Waals surface area contributed by atoms with Gasteiger partial charge in [-0.05, 0) is 32.3 Å². The summed E-state index contributed by atoms with van der Waals surface area (Å²) in [6.45, 7) is 4.26. The molecule has 2 aromatic rings. The summed E-state index contributed by atoms with van der Waals surface area (Å²) in [6.07, 6.45) is 1.97. The molecule has 5 heteroatoms. The number of hydrogen-bond donors (Lipinski definition) is 3. The second-order valence-electron chi connectivity index (χ2n) is 5.53. The molecular formula is C15H21N5. The van der Waals surface area contributed by atoms with Crippen LogP contribution in [0.1, 0.15) is 25.8 Å². The van der Waals surface area contributed by atoms with E-state index in [0.29, 0.717) is 11.6 Å². The van der Waals surface area contributed by atoms with Gasteiger partial charge >= 0.3 is 0 Å². The van der Waals surface area contributed by atoms with E-state index in [1.807, 2.05) is 6.07 Å². The van der Waals surface area contributed by atoms with Crippen molar-refractivity contribution < 1.29 is 0 Å². The van der Waals surface area contributed by atoms with Crippen molar-refractivity contribution in [2.45, 2.75) is 32.2 Å². The van der Waals surface area contributed by atoms with Crippen molar-refractivity contribution in [1.82, 2.24) is 9.97 Å². The second kappa shape index (κ2) is 5.77. The van der Waals surface area contributed by atoms with E-state index in [0.717, 1.165) is 12.8 Å². The van der Waals surface area contributed by atoms with Crippen LogP contribution in [0.25, 0.3) is 0 Å². The van der Waals surface area contributed by atoms with Gasteiger partial charge in [0.25, 0.3) is 0 Å². The number of anilines is 3. The highest BCUT2D eigenvalue weighted by Crippen LogP contribution is 2.20. The molecule has 1 aromatic carbocycles. The minimum absolute atomic E-state index is 0.108. The predicted octanol–water partition coefficient (Wildman–Crippen LogP) is 2.46. The molecule has 1 aromatic heterocycles. The molecule has 0 fully saturated rings. The van der Waals surface area contributed by atoms with Gasteiger partial charge in [0.1, 0.15) is 11.6 Å². The number of nitrogens with zero attached hydrogens (tertiary/aromatic N) is 2. The smallest absolute Gasteiger partial charge is 0.223 e. The molecule has 1 heterocycles. The third-order valence-electron chi connectivity index (χ3n) is 3.11. The lowest BCUT2D eigenvalue weighted by molar-refractivity contribution is 0.516. The molecule has 0 bridgehead atoms. The maximum absolute atomic E-state index is 5.67. The van der Waals surface area contributed by atoms with Crippen molar-refractivity contribution in [2.75, 3.05) is 16.8 Å². The first-order valence-corrected chi connectivity index (χ1v) is 6.67. The highest BCUT2D eigenvalue weighted by molar-refractivity contribution is 5.49. The number of benzene rings is 1. The molecule has 0 saturated carbocycles. The quantitative estimate of drug-likeness (QED) is 0.777. The number of aryl methyl sites for hydroxylation is 1. The van der Waals surface area contributed by atoms with Gasteiger partial charge < -0.3 is 16.8 Å². The zero-order valence-corrected chi connectivity index (χ0v) is 11.9. The van der Waals surface area contributed by atoms with Crippen molar-refractivity contribution in [3.8, 4) is 0 Å². The largest absolute Gasteiger partial charge is 0.383 e. The summed E-state index contributed by atoms with van der Waals surface area (Å²) in [5.74, 6) is 1.22. The van der Waals surface area contributed by atoms with E-state index in [1.54, 1.807) is 6.07 Å². The topological polar surface area (TPSA) is 89.8 Å². The van der Waals surface area contributed by atoms with Gasteiger partial charge in [-0.2, -0.15) is 9.97 Å². The van der Waals surface area contributed by atoms with Crippen LogP contribution in [0.5, 0.6) is 0 Å². The van der Waals surface area contributed by atoms with E-state index >= 15 is 0 Å². The highest BCUT2D eigenvalue weighted by atomic mass is 15.1. The second-order valence-corrected chi connectivity index (χ2v) is 5.53. The van der Waals surface area contributed by atoms with E-state index in [4.69, 9.17) is 11.5 Å². The van der Waals surface area contributed by atoms with Gasteiger partial charge in [0, 0.05) is 11.6 Å². The molecule has 0 aliphatic carbocycles. The van der Waals surface area contributed by atoms with E-state index in [1.165, 1.54) is 5.56 Å². The molecule has 0 spiro atoms. The molecule has 0 aliphatic heterocycles. The van der Waals surface area contributed by atoms with E-state index in [9.17, 15) is 0 Å². The van der Waals surface area contributed by atoms with Crippen LogP contribution in [0.2, 0.25) is 0 Å². The molecule has 0 amide bonds. The Hall–Kier alpha value is -2.30. The number of aromatic nitrogens is 2. The maximum Gasteiger partial charge on any atom is 0.223 e. The Morgan fingerprint density at radius 2 is 1.80 bits per heavy atom. The van der Waals surface area contributed by atoms with Gasteiger partial charge in [-0.3, -0.25) is 0 Å². The van der Waals surface area contributed by atoms with Crippen LogP contribution in [0.4, 0.5) is 17.6 Å². The molecule has 0 unspecified atom stereocenters. The minimum atomic E-state index is -0.108. The molecule has 0 aliphatic rings. The Morgan fingerprint density at radius 3 is 2.45 bits per heavy atom. The summed E-state index contributed by atoms with van der Waals surface area (Å²) in [5, 5.41) is 3.36.